The minimum Gasteiger partial charge on any atom is -0.356 e. The highest BCUT2D eigenvalue weighted by molar-refractivity contribution is 7.89. The molecule has 0 radical (unpaired) electrons. The van der Waals surface area contributed by atoms with Gasteiger partial charge in [0.05, 0.1) is 29.0 Å². The Morgan fingerprint density at radius 2 is 1.68 bits per heavy atom. The van der Waals surface area contributed by atoms with Crippen LogP contribution in [0.3, 0.4) is 0 Å². The summed E-state index contributed by atoms with van der Waals surface area (Å²) in [4.78, 5) is -0.418. The first kappa shape index (κ1) is 32.9. The molecule has 2 aromatic carbocycles. The molecule has 0 bridgehead atoms. The maximum absolute atomic E-state index is 14.2. The van der Waals surface area contributed by atoms with Crippen molar-refractivity contribution in [1.29, 1.82) is 0 Å². The number of alkyl halides is 3. The standard InChI is InChI=1S/C26H33F3N2O7S2Si/c1-17-18(2)30-38-24(17)25(36-13-14-41(4,5)6)31-40(34,35)23-10-8-7-9-21(23)20-12-11-19(16-37-39(3,32)33)15-22(20)26(27,28)29/h7-12,15,25,31H,13-14,16H2,1-6H3. The van der Waals surface area contributed by atoms with Gasteiger partial charge in [-0.05, 0) is 43.2 Å². The van der Waals surface area contributed by atoms with Gasteiger partial charge in [0.1, 0.15) is 0 Å². The number of aryl methyl sites for hydroxylation is 1. The van der Waals surface area contributed by atoms with Gasteiger partial charge in [-0.2, -0.15) is 26.3 Å². The van der Waals surface area contributed by atoms with Crippen LogP contribution in [-0.4, -0.2) is 42.9 Å². The number of aromatic nitrogens is 1. The highest BCUT2D eigenvalue weighted by atomic mass is 32.2. The Morgan fingerprint density at radius 1 is 1.02 bits per heavy atom. The lowest BCUT2D eigenvalue weighted by Crippen LogP contribution is -2.32. The third-order valence-corrected chi connectivity index (χ3v) is 9.84. The summed E-state index contributed by atoms with van der Waals surface area (Å²) in [7, 11) is -9.94. The van der Waals surface area contributed by atoms with E-state index < -0.39 is 63.2 Å². The van der Waals surface area contributed by atoms with Crippen molar-refractivity contribution in [3.8, 4) is 11.1 Å². The molecule has 0 amide bonds. The summed E-state index contributed by atoms with van der Waals surface area (Å²) in [6.45, 7) is 9.39. The lowest BCUT2D eigenvalue weighted by molar-refractivity contribution is -0.137. The predicted octanol–water partition coefficient (Wildman–Crippen LogP) is 5.79. The molecule has 9 nitrogen and oxygen atoms in total. The number of hydrogen-bond donors (Lipinski definition) is 1. The van der Waals surface area contributed by atoms with Crippen LogP contribution in [0, 0.1) is 13.8 Å². The molecule has 1 atom stereocenters. The van der Waals surface area contributed by atoms with Gasteiger partial charge in [0.2, 0.25) is 10.0 Å². The monoisotopic (exact) mass is 634 g/mol. The fraction of sp³-hybridized carbons (Fsp3) is 0.423. The van der Waals surface area contributed by atoms with Crippen LogP contribution in [0.2, 0.25) is 25.7 Å². The first-order valence-corrected chi connectivity index (χ1v) is 19.5. The van der Waals surface area contributed by atoms with E-state index in [-0.39, 0.29) is 23.5 Å². The molecular formula is C26H33F3N2O7S2Si. The number of sulfonamides is 1. The lowest BCUT2D eigenvalue weighted by Gasteiger charge is -2.22. The van der Waals surface area contributed by atoms with Crippen molar-refractivity contribution < 1.29 is 43.4 Å². The molecule has 41 heavy (non-hydrogen) atoms. The summed E-state index contributed by atoms with van der Waals surface area (Å²) in [6.07, 6.45) is -5.38. The minimum absolute atomic E-state index is 0.0583. The predicted molar refractivity (Wildman–Crippen MR) is 150 cm³/mol. The van der Waals surface area contributed by atoms with E-state index in [2.05, 4.69) is 33.7 Å². The van der Waals surface area contributed by atoms with Crippen LogP contribution in [0.15, 0.2) is 51.9 Å². The SMILES string of the molecule is Cc1noc(C(NS(=O)(=O)c2ccccc2-c2ccc(COS(C)(=O)=O)cc2C(F)(F)F)OCC[Si](C)(C)C)c1C. The molecule has 226 valence electrons. The molecule has 1 heterocycles. The average Bonchev–Trinajstić information content (AvgIpc) is 3.18. The van der Waals surface area contributed by atoms with Gasteiger partial charge in [-0.15, -0.1) is 0 Å². The first-order chi connectivity index (χ1) is 18.8. The molecule has 1 aromatic heterocycles. The fourth-order valence-corrected chi connectivity index (χ4v) is 6.17. The Labute approximate surface area is 239 Å². The number of rotatable bonds is 12. The van der Waals surface area contributed by atoms with Crippen LogP contribution in [-0.2, 0) is 41.8 Å². The van der Waals surface area contributed by atoms with Gasteiger partial charge in [0.25, 0.3) is 10.1 Å². The van der Waals surface area contributed by atoms with E-state index >= 15 is 0 Å². The number of nitrogens with zero attached hydrogens (tertiary/aromatic N) is 1. The van der Waals surface area contributed by atoms with E-state index in [9.17, 15) is 30.0 Å². The van der Waals surface area contributed by atoms with Crippen LogP contribution in [0.25, 0.3) is 11.1 Å². The summed E-state index contributed by atoms with van der Waals surface area (Å²) < 4.78 is 111. The van der Waals surface area contributed by atoms with Gasteiger partial charge < -0.3 is 9.26 Å². The third-order valence-electron chi connectivity index (χ3n) is 6.13. The zero-order valence-electron chi connectivity index (χ0n) is 23.5. The Morgan fingerprint density at radius 3 is 2.24 bits per heavy atom. The molecule has 0 saturated carbocycles. The largest absolute Gasteiger partial charge is 0.417 e. The maximum atomic E-state index is 14.2. The van der Waals surface area contributed by atoms with Crippen LogP contribution in [0.5, 0.6) is 0 Å². The molecule has 0 aliphatic carbocycles. The van der Waals surface area contributed by atoms with Crippen LogP contribution >= 0.6 is 0 Å². The van der Waals surface area contributed by atoms with Crippen LogP contribution < -0.4 is 4.72 Å². The number of benzene rings is 2. The number of nitrogens with one attached hydrogen (secondary N) is 1. The summed E-state index contributed by atoms with van der Waals surface area (Å²) >= 11 is 0. The van der Waals surface area contributed by atoms with Gasteiger partial charge in [-0.3, -0.25) is 4.18 Å². The average molecular weight is 635 g/mol. The van der Waals surface area contributed by atoms with Gasteiger partial charge in [-0.25, -0.2) is 8.42 Å². The number of halogens is 3. The Balaban J connectivity index is 2.06. The lowest BCUT2D eigenvalue weighted by atomic mass is 9.97. The van der Waals surface area contributed by atoms with Crippen molar-refractivity contribution in [3.63, 3.8) is 0 Å². The quantitative estimate of drug-likeness (QED) is 0.151. The highest BCUT2D eigenvalue weighted by Gasteiger charge is 2.36. The molecule has 3 aromatic rings. The molecule has 15 heteroatoms. The second kappa shape index (κ2) is 12.4. The Kier molecular flexibility index (Phi) is 9.92. The summed E-state index contributed by atoms with van der Waals surface area (Å²) in [5.74, 6) is 0.144. The molecule has 0 aliphatic heterocycles. The van der Waals surface area contributed by atoms with E-state index in [1.807, 2.05) is 0 Å². The third kappa shape index (κ3) is 8.96. The normalized spacial score (nSPS) is 13.9. The molecule has 3 rings (SSSR count). The molecule has 0 aliphatic rings. The van der Waals surface area contributed by atoms with Crippen LogP contribution in [0.1, 0.15) is 34.4 Å². The number of ether oxygens (including phenoxy) is 1. The molecule has 1 unspecified atom stereocenters. The van der Waals surface area contributed by atoms with Crippen molar-refractivity contribution in [2.45, 2.75) is 63.4 Å². The highest BCUT2D eigenvalue weighted by Crippen LogP contribution is 2.40. The second-order valence-electron chi connectivity index (χ2n) is 10.8. The molecular weight excluding hydrogens is 602 g/mol. The van der Waals surface area contributed by atoms with Crippen molar-refractivity contribution in [1.82, 2.24) is 9.88 Å². The summed E-state index contributed by atoms with van der Waals surface area (Å²) in [5, 5.41) is 3.88. The van der Waals surface area contributed by atoms with E-state index in [1.165, 1.54) is 30.3 Å². The fourth-order valence-electron chi connectivity index (χ4n) is 3.78. The van der Waals surface area contributed by atoms with Crippen molar-refractivity contribution >= 4 is 28.2 Å². The van der Waals surface area contributed by atoms with Gasteiger partial charge in [-0.1, -0.05) is 55.1 Å². The van der Waals surface area contributed by atoms with Crippen molar-refractivity contribution in [2.24, 2.45) is 0 Å². The Hall–Kier alpha value is -2.56. The topological polar surface area (TPSA) is 125 Å². The van der Waals surface area contributed by atoms with E-state index in [1.54, 1.807) is 13.8 Å². The van der Waals surface area contributed by atoms with Gasteiger partial charge in [0.15, 0.2) is 12.0 Å². The summed E-state index contributed by atoms with van der Waals surface area (Å²) in [6, 6.07) is 9.05. The summed E-state index contributed by atoms with van der Waals surface area (Å²) in [5.41, 5.74) is -0.728. The maximum Gasteiger partial charge on any atom is 0.417 e. The van der Waals surface area contributed by atoms with Gasteiger partial charge >= 0.3 is 6.18 Å². The molecule has 1 N–H and O–H groups in total. The van der Waals surface area contributed by atoms with Crippen molar-refractivity contribution in [3.05, 3.63) is 70.6 Å². The van der Waals surface area contributed by atoms with E-state index in [4.69, 9.17) is 9.26 Å². The zero-order valence-corrected chi connectivity index (χ0v) is 26.1. The molecule has 0 fully saturated rings. The number of hydrogen-bond acceptors (Lipinski definition) is 8. The smallest absolute Gasteiger partial charge is 0.356 e. The van der Waals surface area contributed by atoms with E-state index in [0.717, 1.165) is 24.4 Å². The molecule has 0 saturated heterocycles. The van der Waals surface area contributed by atoms with Crippen molar-refractivity contribution in [2.75, 3.05) is 12.9 Å². The van der Waals surface area contributed by atoms with Crippen LogP contribution in [0.4, 0.5) is 13.2 Å². The van der Waals surface area contributed by atoms with Gasteiger partial charge in [0, 0.05) is 25.8 Å². The second-order valence-corrected chi connectivity index (χ2v) is 19.7. The van der Waals surface area contributed by atoms with E-state index in [0.29, 0.717) is 11.3 Å². The molecule has 0 spiro atoms. The minimum atomic E-state index is -4.89. The zero-order chi connectivity index (χ0) is 30.8. The first-order valence-electron chi connectivity index (χ1n) is 12.5. The Bertz CT molecular complexity index is 1600.